The van der Waals surface area contributed by atoms with Gasteiger partial charge in [0.2, 0.25) is 0 Å². The minimum absolute atomic E-state index is 1.23. The minimum Gasteiger partial charge on any atom is -0.0871 e. The van der Waals surface area contributed by atoms with Crippen LogP contribution in [0.25, 0.3) is 5.57 Å². The Kier molecular flexibility index (Phi) is 7.13. The molecule has 0 amide bonds. The van der Waals surface area contributed by atoms with Gasteiger partial charge in [0.15, 0.2) is 0 Å². The molecule has 0 heterocycles. The summed E-state index contributed by atoms with van der Waals surface area (Å²) in [6.07, 6.45) is 15.0. The summed E-state index contributed by atoms with van der Waals surface area (Å²) in [6.45, 7) is 8.25. The van der Waals surface area contributed by atoms with E-state index in [-0.39, 0.29) is 0 Å². The van der Waals surface area contributed by atoms with Crippen LogP contribution in [-0.4, -0.2) is 0 Å². The number of hydrogen-bond acceptors (Lipinski definition) is 0. The smallest absolute Gasteiger partial charge is 0.0185 e. The fraction of sp³-hybridized carbons (Fsp3) is 0.200. The summed E-state index contributed by atoms with van der Waals surface area (Å²) in [5.74, 6) is 0. The molecule has 1 aromatic carbocycles. The van der Waals surface area contributed by atoms with E-state index in [1.165, 1.54) is 22.3 Å². The molecule has 0 atom stereocenters. The maximum Gasteiger partial charge on any atom is -0.0185 e. The zero-order valence-electron chi connectivity index (χ0n) is 12.9. The van der Waals surface area contributed by atoms with Crippen LogP contribution in [0, 0.1) is 0 Å². The fourth-order valence-corrected chi connectivity index (χ4v) is 2.08. The van der Waals surface area contributed by atoms with Crippen LogP contribution in [0.2, 0.25) is 0 Å². The highest BCUT2D eigenvalue weighted by Crippen LogP contribution is 2.22. The quantitative estimate of drug-likeness (QED) is 0.562. The fourth-order valence-electron chi connectivity index (χ4n) is 2.08. The molecule has 0 aliphatic heterocycles. The topological polar surface area (TPSA) is 0 Å². The highest BCUT2D eigenvalue weighted by molar-refractivity contribution is 5.76. The molecule has 0 aliphatic rings. The lowest BCUT2D eigenvalue weighted by Crippen LogP contribution is -1.87. The van der Waals surface area contributed by atoms with Crippen LogP contribution >= 0.6 is 0 Å². The van der Waals surface area contributed by atoms with Gasteiger partial charge in [0, 0.05) is 0 Å². The molecule has 0 aromatic heterocycles. The lowest BCUT2D eigenvalue weighted by Gasteiger charge is -2.07. The second kappa shape index (κ2) is 8.92. The van der Waals surface area contributed by atoms with E-state index in [0.717, 1.165) is 0 Å². The normalized spacial score (nSPS) is 14.5. The summed E-state index contributed by atoms with van der Waals surface area (Å²) >= 11 is 0. The molecule has 0 bridgehead atoms. The maximum atomic E-state index is 2.24. The van der Waals surface area contributed by atoms with Crippen molar-refractivity contribution in [2.24, 2.45) is 0 Å². The Labute approximate surface area is 123 Å². The molecule has 20 heavy (non-hydrogen) atoms. The third kappa shape index (κ3) is 4.55. The molecule has 0 unspecified atom stereocenters. The van der Waals surface area contributed by atoms with E-state index in [1.54, 1.807) is 0 Å². The van der Waals surface area contributed by atoms with Crippen molar-refractivity contribution in [3.05, 3.63) is 89.6 Å². The lowest BCUT2D eigenvalue weighted by molar-refractivity contribution is 1.47. The Balaban J connectivity index is 3.26. The van der Waals surface area contributed by atoms with E-state index >= 15 is 0 Å². The van der Waals surface area contributed by atoms with Gasteiger partial charge in [-0.05, 0) is 56.1 Å². The van der Waals surface area contributed by atoms with E-state index in [4.69, 9.17) is 0 Å². The van der Waals surface area contributed by atoms with Crippen LogP contribution < -0.4 is 0 Å². The number of hydrogen-bond donors (Lipinski definition) is 0. The molecule has 0 aliphatic carbocycles. The van der Waals surface area contributed by atoms with Gasteiger partial charge >= 0.3 is 0 Å². The zero-order valence-corrected chi connectivity index (χ0v) is 12.9. The first-order chi connectivity index (χ1) is 9.76. The molecule has 0 saturated heterocycles. The van der Waals surface area contributed by atoms with Crippen molar-refractivity contribution < 1.29 is 0 Å². The number of rotatable bonds is 5. The van der Waals surface area contributed by atoms with Crippen molar-refractivity contribution in [1.82, 2.24) is 0 Å². The molecule has 0 nitrogen and oxygen atoms in total. The van der Waals surface area contributed by atoms with Gasteiger partial charge in [-0.2, -0.15) is 0 Å². The summed E-state index contributed by atoms with van der Waals surface area (Å²) in [6, 6.07) is 10.5. The second-order valence-electron chi connectivity index (χ2n) is 4.45. The van der Waals surface area contributed by atoms with E-state index in [2.05, 4.69) is 87.6 Å². The van der Waals surface area contributed by atoms with Gasteiger partial charge in [-0.1, -0.05) is 66.8 Å². The van der Waals surface area contributed by atoms with Crippen molar-refractivity contribution in [3.63, 3.8) is 0 Å². The van der Waals surface area contributed by atoms with Crippen LogP contribution in [0.1, 0.15) is 33.3 Å². The highest BCUT2D eigenvalue weighted by atomic mass is 14.1. The van der Waals surface area contributed by atoms with Gasteiger partial charge < -0.3 is 0 Å². The Morgan fingerprint density at radius 1 is 0.750 bits per heavy atom. The molecule has 0 spiro atoms. The molecule has 0 radical (unpaired) electrons. The van der Waals surface area contributed by atoms with Crippen LogP contribution in [0.4, 0.5) is 0 Å². The van der Waals surface area contributed by atoms with Crippen LogP contribution in [0.3, 0.4) is 0 Å². The van der Waals surface area contributed by atoms with Crippen LogP contribution in [0.15, 0.2) is 84.0 Å². The molecule has 1 aromatic rings. The van der Waals surface area contributed by atoms with Gasteiger partial charge in [0.25, 0.3) is 0 Å². The summed E-state index contributed by atoms with van der Waals surface area (Å²) in [5, 5.41) is 0. The summed E-state index contributed by atoms with van der Waals surface area (Å²) in [5.41, 5.74) is 4.95. The van der Waals surface area contributed by atoms with E-state index < -0.39 is 0 Å². The summed E-state index contributed by atoms with van der Waals surface area (Å²) < 4.78 is 0. The second-order valence-corrected chi connectivity index (χ2v) is 4.45. The molecular weight excluding hydrogens is 240 g/mol. The average molecular weight is 264 g/mol. The van der Waals surface area contributed by atoms with Gasteiger partial charge in [-0.15, -0.1) is 0 Å². The largest absolute Gasteiger partial charge is 0.0871 e. The van der Waals surface area contributed by atoms with Crippen LogP contribution in [-0.2, 0) is 0 Å². The van der Waals surface area contributed by atoms with Crippen molar-refractivity contribution in [2.75, 3.05) is 0 Å². The average Bonchev–Trinajstić information content (AvgIpc) is 2.50. The molecule has 1 rings (SSSR count). The third-order valence-corrected chi connectivity index (χ3v) is 3.07. The Morgan fingerprint density at radius 2 is 1.35 bits per heavy atom. The van der Waals surface area contributed by atoms with E-state index in [9.17, 15) is 0 Å². The first-order valence-corrected chi connectivity index (χ1v) is 7.12. The minimum atomic E-state index is 1.23. The molecule has 0 heteroatoms. The van der Waals surface area contributed by atoms with Gasteiger partial charge in [0.1, 0.15) is 0 Å². The van der Waals surface area contributed by atoms with Crippen molar-refractivity contribution in [3.8, 4) is 0 Å². The Bertz CT molecular complexity index is 549. The molecule has 104 valence electrons. The molecule has 0 saturated carbocycles. The maximum absolute atomic E-state index is 2.24. The number of benzene rings is 1. The Morgan fingerprint density at radius 3 is 1.85 bits per heavy atom. The predicted molar refractivity (Wildman–Crippen MR) is 91.6 cm³/mol. The van der Waals surface area contributed by atoms with Crippen molar-refractivity contribution in [1.29, 1.82) is 0 Å². The number of allylic oxidation sites excluding steroid dienone is 10. The molecule has 0 N–H and O–H groups in total. The third-order valence-electron chi connectivity index (χ3n) is 3.07. The first-order valence-electron chi connectivity index (χ1n) is 7.12. The predicted octanol–water partition coefficient (Wildman–Crippen LogP) is 6.11. The lowest BCUT2D eigenvalue weighted by atomic mass is 9.98. The standard InChI is InChI=1S/C20H24/c1-5-12-17(7-3)20(13-6-2)16-18(8-4)19-14-10-9-11-15-19/h5-16H,1-4H3/b12-5-,13-6-,17-7+,18-8+,20-16+. The summed E-state index contributed by atoms with van der Waals surface area (Å²) in [4.78, 5) is 0. The SMILES string of the molecule is C\C=C/C(=C\C)C(/C=C\C)=C/C(=C\C)c1ccccc1. The van der Waals surface area contributed by atoms with E-state index in [1.807, 2.05) is 13.0 Å². The van der Waals surface area contributed by atoms with Crippen molar-refractivity contribution in [2.45, 2.75) is 27.7 Å². The Hall–Kier alpha value is -2.08. The molecular formula is C20H24. The van der Waals surface area contributed by atoms with Crippen LogP contribution in [0.5, 0.6) is 0 Å². The van der Waals surface area contributed by atoms with E-state index in [0.29, 0.717) is 0 Å². The first kappa shape index (κ1) is 16.0. The van der Waals surface area contributed by atoms with Gasteiger partial charge in [-0.25, -0.2) is 0 Å². The summed E-state index contributed by atoms with van der Waals surface area (Å²) in [7, 11) is 0. The van der Waals surface area contributed by atoms with Gasteiger partial charge in [-0.3, -0.25) is 0 Å². The monoisotopic (exact) mass is 264 g/mol. The zero-order chi connectivity index (χ0) is 14.8. The molecule has 0 fully saturated rings. The van der Waals surface area contributed by atoms with Crippen molar-refractivity contribution >= 4 is 5.57 Å². The van der Waals surface area contributed by atoms with Gasteiger partial charge in [0.05, 0.1) is 0 Å². The highest BCUT2D eigenvalue weighted by Gasteiger charge is 2.01.